The third-order valence-electron chi connectivity index (χ3n) is 5.16. The van der Waals surface area contributed by atoms with Crippen LogP contribution >= 0.6 is 0 Å². The van der Waals surface area contributed by atoms with Crippen LogP contribution in [0.25, 0.3) is 0 Å². The second-order valence-electron chi connectivity index (χ2n) is 7.36. The molecule has 0 unspecified atom stereocenters. The van der Waals surface area contributed by atoms with E-state index < -0.39 is 0 Å². The van der Waals surface area contributed by atoms with Crippen LogP contribution in [0.1, 0.15) is 47.8 Å². The largest absolute Gasteiger partial charge is 0.508 e. The van der Waals surface area contributed by atoms with Crippen LogP contribution in [-0.2, 0) is 6.54 Å². The Kier molecular flexibility index (Phi) is 4.88. The molecular formula is C19H25N5O2. The van der Waals surface area contributed by atoms with E-state index in [0.717, 1.165) is 38.0 Å². The van der Waals surface area contributed by atoms with Gasteiger partial charge in [0.25, 0.3) is 5.91 Å². The van der Waals surface area contributed by atoms with E-state index in [4.69, 9.17) is 0 Å². The molecule has 1 saturated carbocycles. The Bertz CT molecular complexity index is 765. The molecule has 0 atom stereocenters. The normalized spacial score (nSPS) is 18.0. The van der Waals surface area contributed by atoms with Crippen LogP contribution in [-0.4, -0.2) is 50.5 Å². The van der Waals surface area contributed by atoms with Gasteiger partial charge in [-0.2, -0.15) is 0 Å². The number of benzene rings is 1. The molecule has 0 radical (unpaired) electrons. The summed E-state index contributed by atoms with van der Waals surface area (Å²) >= 11 is 0. The molecule has 2 N–H and O–H groups in total. The lowest BCUT2D eigenvalue weighted by atomic mass is 10.1. The molecule has 2 heterocycles. The number of amides is 1. The molecule has 4 rings (SSSR count). The van der Waals surface area contributed by atoms with Crippen molar-refractivity contribution in [2.75, 3.05) is 19.6 Å². The summed E-state index contributed by atoms with van der Waals surface area (Å²) < 4.78 is 1.84. The van der Waals surface area contributed by atoms with Crippen molar-refractivity contribution in [2.24, 2.45) is 5.92 Å². The van der Waals surface area contributed by atoms with Gasteiger partial charge in [0.2, 0.25) is 0 Å². The van der Waals surface area contributed by atoms with Gasteiger partial charge in [-0.15, -0.1) is 5.10 Å². The molecule has 1 amide bonds. The first-order valence-corrected chi connectivity index (χ1v) is 9.39. The summed E-state index contributed by atoms with van der Waals surface area (Å²) in [5.74, 6) is 0.717. The zero-order valence-electron chi connectivity index (χ0n) is 14.8. The second kappa shape index (κ2) is 7.45. The molecule has 7 heteroatoms. The highest BCUT2D eigenvalue weighted by atomic mass is 16.3. The number of carbonyl (C=O) groups is 1. The van der Waals surface area contributed by atoms with E-state index >= 15 is 0 Å². The van der Waals surface area contributed by atoms with E-state index in [9.17, 15) is 9.90 Å². The SMILES string of the molecule is O=C(c1cn(C2CCNCC2)nn1)N(Cc1cccc(O)c1)CC1CC1. The number of aromatic nitrogens is 3. The first-order valence-electron chi connectivity index (χ1n) is 9.39. The van der Waals surface area contributed by atoms with Gasteiger partial charge in [-0.1, -0.05) is 17.3 Å². The Balaban J connectivity index is 1.49. The van der Waals surface area contributed by atoms with Crippen LogP contribution in [0.2, 0.25) is 0 Å². The molecule has 2 aromatic rings. The van der Waals surface area contributed by atoms with Gasteiger partial charge in [0.15, 0.2) is 5.69 Å². The second-order valence-corrected chi connectivity index (χ2v) is 7.36. The fraction of sp³-hybridized carbons (Fsp3) is 0.526. The minimum Gasteiger partial charge on any atom is -0.508 e. The van der Waals surface area contributed by atoms with Crippen LogP contribution in [0.5, 0.6) is 5.75 Å². The van der Waals surface area contributed by atoms with Gasteiger partial charge in [0, 0.05) is 13.1 Å². The zero-order valence-corrected chi connectivity index (χ0v) is 14.8. The summed E-state index contributed by atoms with van der Waals surface area (Å²) in [7, 11) is 0. The molecule has 1 aromatic heterocycles. The van der Waals surface area contributed by atoms with Crippen LogP contribution in [0.4, 0.5) is 0 Å². The van der Waals surface area contributed by atoms with Crippen LogP contribution in [0.3, 0.4) is 0 Å². The Morgan fingerprint density at radius 3 is 2.81 bits per heavy atom. The number of hydrogen-bond acceptors (Lipinski definition) is 5. The molecule has 0 bridgehead atoms. The van der Waals surface area contributed by atoms with Crippen molar-refractivity contribution in [1.82, 2.24) is 25.2 Å². The maximum atomic E-state index is 13.0. The first-order chi connectivity index (χ1) is 12.7. The minimum atomic E-state index is -0.0829. The highest BCUT2D eigenvalue weighted by Crippen LogP contribution is 2.31. The maximum Gasteiger partial charge on any atom is 0.276 e. The number of rotatable bonds is 6. The van der Waals surface area contributed by atoms with Crippen LogP contribution in [0.15, 0.2) is 30.5 Å². The predicted molar refractivity (Wildman–Crippen MR) is 96.7 cm³/mol. The molecule has 138 valence electrons. The van der Waals surface area contributed by atoms with Gasteiger partial charge in [-0.05, 0) is 62.4 Å². The highest BCUT2D eigenvalue weighted by molar-refractivity contribution is 5.92. The average Bonchev–Trinajstić information content (AvgIpc) is 3.33. The lowest BCUT2D eigenvalue weighted by Crippen LogP contribution is -2.33. The number of nitrogens with zero attached hydrogens (tertiary/aromatic N) is 4. The van der Waals surface area contributed by atoms with Gasteiger partial charge in [-0.25, -0.2) is 4.68 Å². The monoisotopic (exact) mass is 355 g/mol. The zero-order chi connectivity index (χ0) is 17.9. The fourth-order valence-electron chi connectivity index (χ4n) is 3.49. The number of aromatic hydroxyl groups is 1. The van der Waals surface area contributed by atoms with E-state index in [-0.39, 0.29) is 11.7 Å². The summed E-state index contributed by atoms with van der Waals surface area (Å²) in [4.78, 5) is 14.9. The molecular weight excluding hydrogens is 330 g/mol. The quantitative estimate of drug-likeness (QED) is 0.828. The molecule has 1 aliphatic carbocycles. The summed E-state index contributed by atoms with van der Waals surface area (Å²) in [6, 6.07) is 7.39. The topological polar surface area (TPSA) is 83.3 Å². The summed E-state index contributed by atoms with van der Waals surface area (Å²) in [5.41, 5.74) is 1.33. The number of nitrogens with one attached hydrogen (secondary N) is 1. The van der Waals surface area contributed by atoms with Crippen molar-refractivity contribution in [3.63, 3.8) is 0 Å². The van der Waals surface area contributed by atoms with Gasteiger partial charge >= 0.3 is 0 Å². The summed E-state index contributed by atoms with van der Waals surface area (Å²) in [6.07, 6.45) is 6.15. The summed E-state index contributed by atoms with van der Waals surface area (Å²) in [5, 5.41) is 21.4. The van der Waals surface area contributed by atoms with E-state index in [1.807, 2.05) is 15.6 Å². The Labute approximate surface area is 153 Å². The van der Waals surface area contributed by atoms with Crippen molar-refractivity contribution in [1.29, 1.82) is 0 Å². The van der Waals surface area contributed by atoms with E-state index in [1.54, 1.807) is 24.4 Å². The van der Waals surface area contributed by atoms with Crippen LogP contribution < -0.4 is 5.32 Å². The number of carbonyl (C=O) groups excluding carboxylic acids is 1. The maximum absolute atomic E-state index is 13.0. The van der Waals surface area contributed by atoms with Gasteiger partial charge in [0.1, 0.15) is 5.75 Å². The Morgan fingerprint density at radius 1 is 1.27 bits per heavy atom. The van der Waals surface area contributed by atoms with E-state index in [0.29, 0.717) is 24.2 Å². The smallest absolute Gasteiger partial charge is 0.276 e. The number of phenols is 1. The van der Waals surface area contributed by atoms with Crippen molar-refractivity contribution in [2.45, 2.75) is 38.3 Å². The van der Waals surface area contributed by atoms with Crippen LogP contribution in [0, 0.1) is 5.92 Å². The number of piperidine rings is 1. The Morgan fingerprint density at radius 2 is 2.08 bits per heavy atom. The fourth-order valence-corrected chi connectivity index (χ4v) is 3.49. The molecule has 1 aliphatic heterocycles. The van der Waals surface area contributed by atoms with Crippen molar-refractivity contribution in [3.8, 4) is 5.75 Å². The van der Waals surface area contributed by atoms with Crippen molar-refractivity contribution >= 4 is 5.91 Å². The number of hydrogen-bond donors (Lipinski definition) is 2. The molecule has 0 spiro atoms. The van der Waals surface area contributed by atoms with E-state index in [1.165, 1.54) is 12.8 Å². The number of phenolic OH excluding ortho intramolecular Hbond substituents is 1. The third-order valence-corrected chi connectivity index (χ3v) is 5.16. The molecule has 1 aromatic carbocycles. The molecule has 26 heavy (non-hydrogen) atoms. The minimum absolute atomic E-state index is 0.0829. The highest BCUT2D eigenvalue weighted by Gasteiger charge is 2.29. The van der Waals surface area contributed by atoms with Gasteiger partial charge < -0.3 is 15.3 Å². The lowest BCUT2D eigenvalue weighted by molar-refractivity contribution is 0.0728. The first kappa shape index (κ1) is 17.0. The summed E-state index contributed by atoms with van der Waals surface area (Å²) in [6.45, 7) is 3.15. The standard InChI is InChI=1S/C19H25N5O2/c25-17-3-1-2-15(10-17)12-23(11-14-4-5-14)19(26)18-13-24(22-21-18)16-6-8-20-9-7-16/h1-3,10,13-14,16,20,25H,4-9,11-12H2. The van der Waals surface area contributed by atoms with Crippen molar-refractivity contribution < 1.29 is 9.90 Å². The van der Waals surface area contributed by atoms with Crippen molar-refractivity contribution in [3.05, 3.63) is 41.7 Å². The molecule has 1 saturated heterocycles. The molecule has 2 aliphatic rings. The predicted octanol–water partition coefficient (Wildman–Crippen LogP) is 1.96. The third kappa shape index (κ3) is 4.04. The average molecular weight is 355 g/mol. The van der Waals surface area contributed by atoms with Gasteiger partial charge in [-0.3, -0.25) is 4.79 Å². The lowest BCUT2D eigenvalue weighted by Gasteiger charge is -2.23. The van der Waals surface area contributed by atoms with E-state index in [2.05, 4.69) is 15.6 Å². The Hall–Kier alpha value is -2.41. The molecule has 7 nitrogen and oxygen atoms in total. The van der Waals surface area contributed by atoms with Gasteiger partial charge in [0.05, 0.1) is 12.2 Å². The molecule has 2 fully saturated rings.